The van der Waals surface area contributed by atoms with Crippen LogP contribution in [-0.2, 0) is 10.8 Å². The topological polar surface area (TPSA) is 49.7 Å². The van der Waals surface area contributed by atoms with E-state index in [1.165, 1.54) is 5.56 Å². The highest BCUT2D eigenvalue weighted by atomic mass is 16.5. The maximum Gasteiger partial charge on any atom is 0.165 e. The van der Waals surface area contributed by atoms with Gasteiger partial charge in [-0.1, -0.05) is 45.9 Å². The van der Waals surface area contributed by atoms with Crippen molar-refractivity contribution < 1.29 is 14.9 Å². The van der Waals surface area contributed by atoms with Crippen LogP contribution in [0.15, 0.2) is 36.4 Å². The van der Waals surface area contributed by atoms with Crippen LogP contribution in [0.5, 0.6) is 17.2 Å². The fourth-order valence-electron chi connectivity index (χ4n) is 4.18. The number of hydrogen-bond acceptors (Lipinski definition) is 3. The van der Waals surface area contributed by atoms with Gasteiger partial charge < -0.3 is 14.9 Å². The van der Waals surface area contributed by atoms with E-state index in [1.54, 1.807) is 18.2 Å². The largest absolute Gasteiger partial charge is 0.508 e. The maximum absolute atomic E-state index is 10.4. The van der Waals surface area contributed by atoms with E-state index in [9.17, 15) is 10.2 Å². The van der Waals surface area contributed by atoms with Gasteiger partial charge in [0.2, 0.25) is 0 Å². The third-order valence-corrected chi connectivity index (χ3v) is 5.17. The minimum absolute atomic E-state index is 0.0139. The summed E-state index contributed by atoms with van der Waals surface area (Å²) in [6.07, 6.45) is 1.81. The fraction of sp³-hybridized carbons (Fsp3) is 0.429. The number of phenols is 2. The Morgan fingerprint density at radius 3 is 2.29 bits per heavy atom. The first kappa shape index (κ1) is 16.7. The van der Waals surface area contributed by atoms with Gasteiger partial charge in [-0.05, 0) is 47.6 Å². The molecular weight excluding hydrogens is 300 g/mol. The second-order valence-electron chi connectivity index (χ2n) is 7.62. The van der Waals surface area contributed by atoms with E-state index in [-0.39, 0.29) is 22.3 Å². The third-order valence-electron chi connectivity index (χ3n) is 5.17. The van der Waals surface area contributed by atoms with Crippen LogP contribution in [0.25, 0.3) is 0 Å². The second-order valence-corrected chi connectivity index (χ2v) is 7.62. The average molecular weight is 326 g/mol. The Labute approximate surface area is 143 Å². The molecule has 1 unspecified atom stereocenters. The van der Waals surface area contributed by atoms with Gasteiger partial charge in [-0.2, -0.15) is 0 Å². The summed E-state index contributed by atoms with van der Waals surface area (Å²) in [6.45, 7) is 9.31. The van der Waals surface area contributed by atoms with Crippen molar-refractivity contribution in [3.05, 3.63) is 53.1 Å². The van der Waals surface area contributed by atoms with Crippen LogP contribution < -0.4 is 4.74 Å². The Balaban J connectivity index is 2.23. The van der Waals surface area contributed by atoms with Crippen LogP contribution in [0.1, 0.15) is 57.2 Å². The zero-order valence-corrected chi connectivity index (χ0v) is 14.9. The molecule has 0 aliphatic heterocycles. The number of hydrogen-bond donors (Lipinski definition) is 2. The zero-order valence-electron chi connectivity index (χ0n) is 14.9. The lowest BCUT2D eigenvalue weighted by Crippen LogP contribution is -2.24. The molecule has 1 aliphatic rings. The first-order valence-corrected chi connectivity index (χ1v) is 8.59. The minimum Gasteiger partial charge on any atom is -0.508 e. The molecule has 2 aromatic rings. The molecule has 0 radical (unpaired) electrons. The summed E-state index contributed by atoms with van der Waals surface area (Å²) in [6, 6.07) is 11.1. The highest BCUT2D eigenvalue weighted by Gasteiger charge is 2.48. The number of rotatable bonds is 4. The number of aromatic hydroxyl groups is 2. The highest BCUT2D eigenvalue weighted by molar-refractivity contribution is 5.62. The third kappa shape index (κ3) is 2.52. The van der Waals surface area contributed by atoms with Crippen LogP contribution in [-0.4, -0.2) is 16.8 Å². The Morgan fingerprint density at radius 2 is 1.67 bits per heavy atom. The normalized spacial score (nSPS) is 21.5. The Morgan fingerprint density at radius 1 is 1.00 bits per heavy atom. The smallest absolute Gasteiger partial charge is 0.165 e. The fourth-order valence-corrected chi connectivity index (χ4v) is 4.18. The van der Waals surface area contributed by atoms with Crippen LogP contribution >= 0.6 is 0 Å². The van der Waals surface area contributed by atoms with Gasteiger partial charge in [0, 0.05) is 11.0 Å². The average Bonchev–Trinajstić information content (AvgIpc) is 2.74. The monoisotopic (exact) mass is 326 g/mol. The lowest BCUT2D eigenvalue weighted by Gasteiger charge is -2.29. The van der Waals surface area contributed by atoms with E-state index in [0.717, 1.165) is 24.0 Å². The van der Waals surface area contributed by atoms with Gasteiger partial charge in [0.05, 0.1) is 6.61 Å². The summed E-state index contributed by atoms with van der Waals surface area (Å²) < 4.78 is 5.96. The van der Waals surface area contributed by atoms with Crippen molar-refractivity contribution in [2.45, 2.75) is 51.4 Å². The molecule has 1 aliphatic carbocycles. The molecule has 0 aromatic heterocycles. The van der Waals surface area contributed by atoms with E-state index in [1.807, 2.05) is 18.2 Å². The molecule has 3 nitrogen and oxygen atoms in total. The maximum atomic E-state index is 10.4. The number of benzene rings is 2. The Hall–Kier alpha value is -2.16. The molecule has 0 amide bonds. The van der Waals surface area contributed by atoms with Crippen molar-refractivity contribution in [2.24, 2.45) is 0 Å². The van der Waals surface area contributed by atoms with E-state index in [0.29, 0.717) is 12.4 Å². The van der Waals surface area contributed by atoms with Crippen molar-refractivity contribution in [1.82, 2.24) is 0 Å². The molecule has 3 rings (SSSR count). The first-order valence-electron chi connectivity index (χ1n) is 8.59. The molecule has 0 heterocycles. The first-order chi connectivity index (χ1) is 11.3. The van der Waals surface area contributed by atoms with Gasteiger partial charge in [-0.15, -0.1) is 0 Å². The molecule has 0 saturated heterocycles. The van der Waals surface area contributed by atoms with Crippen LogP contribution in [0, 0.1) is 0 Å². The number of fused-ring (bicyclic) bond motifs is 1. The predicted molar refractivity (Wildman–Crippen MR) is 96.1 cm³/mol. The standard InChI is InChI=1S/C21H26O3/c1-5-12-24-19-17(23)11-10-16-18(19)21(4,13-20(16,2)3)14-6-8-15(22)9-7-14/h6-11,22-23H,5,12-13H2,1-4H3. The lowest BCUT2D eigenvalue weighted by molar-refractivity contribution is 0.291. The summed E-state index contributed by atoms with van der Waals surface area (Å²) in [5.74, 6) is 1.07. The van der Waals surface area contributed by atoms with Gasteiger partial charge >= 0.3 is 0 Å². The Bertz CT molecular complexity index is 746. The quantitative estimate of drug-likeness (QED) is 0.842. The van der Waals surface area contributed by atoms with E-state index >= 15 is 0 Å². The molecule has 2 aromatic carbocycles. The van der Waals surface area contributed by atoms with Gasteiger partial charge in [-0.25, -0.2) is 0 Å². The Kier molecular flexibility index (Phi) is 3.98. The van der Waals surface area contributed by atoms with Gasteiger partial charge in [-0.3, -0.25) is 0 Å². The molecule has 3 heteroatoms. The zero-order chi connectivity index (χ0) is 17.5. The van der Waals surface area contributed by atoms with Crippen LogP contribution in [0.4, 0.5) is 0 Å². The summed E-state index contributed by atoms with van der Waals surface area (Å²) in [4.78, 5) is 0. The van der Waals surface area contributed by atoms with Crippen molar-refractivity contribution in [1.29, 1.82) is 0 Å². The molecule has 0 fully saturated rings. The summed E-state index contributed by atoms with van der Waals surface area (Å²) in [5, 5.41) is 20.1. The van der Waals surface area contributed by atoms with Crippen LogP contribution in [0.3, 0.4) is 0 Å². The van der Waals surface area contributed by atoms with Gasteiger partial charge in [0.25, 0.3) is 0 Å². The molecule has 128 valence electrons. The number of ether oxygens (including phenoxy) is 1. The second kappa shape index (κ2) is 5.73. The number of phenolic OH excluding ortho intramolecular Hbond substituents is 2. The highest BCUT2D eigenvalue weighted by Crippen LogP contribution is 2.57. The molecule has 1 atom stereocenters. The molecule has 24 heavy (non-hydrogen) atoms. The minimum atomic E-state index is -0.269. The van der Waals surface area contributed by atoms with E-state index in [2.05, 4.69) is 27.7 Å². The van der Waals surface area contributed by atoms with Crippen LogP contribution in [0.2, 0.25) is 0 Å². The molecule has 2 N–H and O–H groups in total. The SMILES string of the molecule is CCCOc1c(O)ccc2c1C(C)(c1ccc(O)cc1)CC2(C)C. The van der Waals surface area contributed by atoms with E-state index < -0.39 is 0 Å². The van der Waals surface area contributed by atoms with Crippen molar-refractivity contribution in [3.63, 3.8) is 0 Å². The van der Waals surface area contributed by atoms with Gasteiger partial charge in [0.1, 0.15) is 5.75 Å². The van der Waals surface area contributed by atoms with Crippen molar-refractivity contribution >= 4 is 0 Å². The van der Waals surface area contributed by atoms with Crippen molar-refractivity contribution in [2.75, 3.05) is 6.61 Å². The predicted octanol–water partition coefficient (Wildman–Crippen LogP) is 4.87. The van der Waals surface area contributed by atoms with Gasteiger partial charge in [0.15, 0.2) is 11.5 Å². The summed E-state index contributed by atoms with van der Waals surface area (Å²) in [5.41, 5.74) is 3.14. The molecule has 0 saturated carbocycles. The molecule has 0 bridgehead atoms. The lowest BCUT2D eigenvalue weighted by atomic mass is 9.75. The summed E-state index contributed by atoms with van der Waals surface area (Å²) in [7, 11) is 0. The van der Waals surface area contributed by atoms with Crippen molar-refractivity contribution in [3.8, 4) is 17.2 Å². The molecule has 0 spiro atoms. The van der Waals surface area contributed by atoms with E-state index in [4.69, 9.17) is 4.74 Å². The molecular formula is C21H26O3. The summed E-state index contributed by atoms with van der Waals surface area (Å²) >= 11 is 0.